The van der Waals surface area contributed by atoms with Crippen LogP contribution in [-0.4, -0.2) is 87.5 Å². The van der Waals surface area contributed by atoms with E-state index in [1.165, 1.54) is 0 Å². The molecule has 0 saturated carbocycles. The van der Waals surface area contributed by atoms with Crippen LogP contribution in [0.2, 0.25) is 0 Å². The number of carbonyl (C=O) groups is 2. The van der Waals surface area contributed by atoms with Gasteiger partial charge in [-0.1, -0.05) is 0 Å². The lowest BCUT2D eigenvalue weighted by Gasteiger charge is -2.57. The number of fused-ring (bicyclic) bond motifs is 4. The van der Waals surface area contributed by atoms with Crippen molar-refractivity contribution in [1.29, 1.82) is 0 Å². The summed E-state index contributed by atoms with van der Waals surface area (Å²) in [6.07, 6.45) is 3.80. The Hall–Kier alpha value is -2.16. The molecule has 0 aliphatic carbocycles. The molecule has 0 spiro atoms. The molecule has 0 aromatic carbocycles. The summed E-state index contributed by atoms with van der Waals surface area (Å²) in [4.78, 5) is 45.5. The molecule has 1 aromatic heterocycles. The van der Waals surface area contributed by atoms with Gasteiger partial charge in [0.2, 0.25) is 11.8 Å². The number of likely N-dealkylation sites (tertiary alicyclic amines) is 1. The fraction of sp³-hybridized carbons (Fsp3) is 0.778. The summed E-state index contributed by atoms with van der Waals surface area (Å²) in [5.74, 6) is 1.29. The summed E-state index contributed by atoms with van der Waals surface area (Å²) in [6, 6.07) is 0.406. The van der Waals surface area contributed by atoms with Gasteiger partial charge in [0, 0.05) is 38.1 Å². The molecule has 2 bridgehead atoms. The first kappa shape index (κ1) is 18.2. The van der Waals surface area contributed by atoms with Crippen molar-refractivity contribution in [2.45, 2.75) is 44.2 Å². The lowest BCUT2D eigenvalue weighted by molar-refractivity contribution is -0.156. The van der Waals surface area contributed by atoms with E-state index in [9.17, 15) is 14.4 Å². The number of H-pyrrole nitrogens is 2. The predicted octanol–water partition coefficient (Wildman–Crippen LogP) is -0.570. The van der Waals surface area contributed by atoms with Crippen molar-refractivity contribution >= 4 is 11.8 Å². The molecule has 3 fully saturated rings. The van der Waals surface area contributed by atoms with Crippen molar-refractivity contribution in [2.75, 3.05) is 33.7 Å². The number of rotatable bonds is 4. The maximum absolute atomic E-state index is 12.8. The van der Waals surface area contributed by atoms with E-state index in [-0.39, 0.29) is 30.3 Å². The summed E-state index contributed by atoms with van der Waals surface area (Å²) in [5.41, 5.74) is -0.393. The van der Waals surface area contributed by atoms with E-state index in [4.69, 9.17) is 0 Å². The molecule has 3 aliphatic rings. The zero-order valence-corrected chi connectivity index (χ0v) is 16.0. The van der Waals surface area contributed by atoms with Gasteiger partial charge < -0.3 is 14.7 Å². The van der Waals surface area contributed by atoms with Crippen molar-refractivity contribution in [3.05, 3.63) is 16.3 Å². The van der Waals surface area contributed by atoms with Gasteiger partial charge in [-0.3, -0.25) is 14.6 Å². The van der Waals surface area contributed by atoms with Crippen LogP contribution in [0.4, 0.5) is 0 Å². The number of nitrogens with one attached hydrogen (secondary N) is 2. The molecule has 0 radical (unpaired) electrons. The Labute approximate surface area is 158 Å². The lowest BCUT2D eigenvalue weighted by atomic mass is 9.72. The van der Waals surface area contributed by atoms with Crippen LogP contribution >= 0.6 is 0 Å². The van der Waals surface area contributed by atoms with Crippen LogP contribution in [0.1, 0.15) is 31.5 Å². The van der Waals surface area contributed by atoms with Crippen LogP contribution in [-0.2, 0) is 16.0 Å². The fourth-order valence-electron chi connectivity index (χ4n) is 5.23. The van der Waals surface area contributed by atoms with Gasteiger partial charge in [0.25, 0.3) is 0 Å². The van der Waals surface area contributed by atoms with E-state index in [0.717, 1.165) is 25.8 Å². The Morgan fingerprint density at radius 3 is 2.74 bits per heavy atom. The molecule has 4 atom stereocenters. The van der Waals surface area contributed by atoms with Gasteiger partial charge in [-0.25, -0.2) is 9.89 Å². The second-order valence-corrected chi connectivity index (χ2v) is 8.45. The normalized spacial score (nSPS) is 30.6. The van der Waals surface area contributed by atoms with E-state index in [0.29, 0.717) is 37.2 Å². The topological polar surface area (TPSA) is 105 Å². The van der Waals surface area contributed by atoms with Crippen LogP contribution in [0.3, 0.4) is 0 Å². The van der Waals surface area contributed by atoms with Crippen LogP contribution in [0, 0.1) is 11.8 Å². The molecule has 3 aliphatic heterocycles. The minimum Gasteiger partial charge on any atom is -0.342 e. The molecule has 2 amide bonds. The maximum Gasteiger partial charge on any atom is 0.340 e. The summed E-state index contributed by atoms with van der Waals surface area (Å²) in [7, 11) is 4.07. The van der Waals surface area contributed by atoms with Crippen molar-refractivity contribution in [1.82, 2.24) is 29.9 Å². The minimum atomic E-state index is -0.393. The van der Waals surface area contributed by atoms with Gasteiger partial charge in [0.15, 0.2) is 0 Å². The van der Waals surface area contributed by atoms with Gasteiger partial charge >= 0.3 is 5.69 Å². The average Bonchev–Trinajstić information content (AvgIpc) is 3.03. The van der Waals surface area contributed by atoms with Gasteiger partial charge in [0.05, 0.1) is 6.42 Å². The molecule has 9 heteroatoms. The number of amides is 2. The number of hydrogen-bond donors (Lipinski definition) is 2. The van der Waals surface area contributed by atoms with Crippen LogP contribution in [0.25, 0.3) is 0 Å². The average molecular weight is 376 g/mol. The lowest BCUT2D eigenvalue weighted by Crippen LogP contribution is -2.67. The van der Waals surface area contributed by atoms with E-state index in [1.807, 2.05) is 19.0 Å². The molecule has 4 heterocycles. The largest absolute Gasteiger partial charge is 0.342 e. The zero-order chi connectivity index (χ0) is 19.1. The number of likely N-dealkylation sites (N-methyl/N-ethyl adjacent to an activating group) is 1. The van der Waals surface area contributed by atoms with Gasteiger partial charge in [-0.2, -0.15) is 5.10 Å². The Morgan fingerprint density at radius 2 is 2.04 bits per heavy atom. The Balaban J connectivity index is 1.54. The standard InChI is InChI=1S/C18H28N6O3/c1-22(2)10-14-12-6-11(13-4-3-5-16(25)24(13)14)8-23(9-12)17(26)7-15-19-18(27)21-20-15/h11-14H,3-10H2,1-2H3,(H2,19,20,21,27)/t11-,12+,13+,14+/m1/s1. The van der Waals surface area contributed by atoms with Crippen molar-refractivity contribution in [3.8, 4) is 0 Å². The molecule has 0 unspecified atom stereocenters. The second kappa shape index (κ2) is 7.10. The first-order chi connectivity index (χ1) is 12.9. The Bertz CT molecular complexity index is 771. The quantitative estimate of drug-likeness (QED) is 0.732. The SMILES string of the molecule is CN(C)C[C@H]1[C@H]2C[C@H](CN(C(=O)Cc3n[nH]c(=O)[nH]3)C2)[C@@H]2CCCC(=O)N21. The molecule has 148 valence electrons. The van der Waals surface area contributed by atoms with E-state index >= 15 is 0 Å². The van der Waals surface area contributed by atoms with E-state index < -0.39 is 5.69 Å². The highest BCUT2D eigenvalue weighted by molar-refractivity contribution is 5.79. The van der Waals surface area contributed by atoms with Crippen molar-refractivity contribution in [3.63, 3.8) is 0 Å². The number of piperidine rings is 3. The van der Waals surface area contributed by atoms with E-state index in [1.54, 1.807) is 0 Å². The Morgan fingerprint density at radius 1 is 1.26 bits per heavy atom. The third-order valence-electron chi connectivity index (χ3n) is 6.27. The number of hydrogen-bond acceptors (Lipinski definition) is 5. The third-order valence-corrected chi connectivity index (χ3v) is 6.27. The highest BCUT2D eigenvalue weighted by atomic mass is 16.2. The summed E-state index contributed by atoms with van der Waals surface area (Å²) in [6.45, 7) is 2.18. The number of aromatic amines is 2. The van der Waals surface area contributed by atoms with Crippen LogP contribution in [0.15, 0.2) is 4.79 Å². The third kappa shape index (κ3) is 3.52. The molecule has 3 saturated heterocycles. The summed E-state index contributed by atoms with van der Waals surface area (Å²) >= 11 is 0. The predicted molar refractivity (Wildman–Crippen MR) is 97.9 cm³/mol. The van der Waals surface area contributed by atoms with E-state index in [2.05, 4.69) is 25.0 Å². The number of nitrogens with zero attached hydrogens (tertiary/aromatic N) is 4. The first-order valence-electron chi connectivity index (χ1n) is 9.79. The summed E-state index contributed by atoms with van der Waals surface area (Å²) in [5, 5.41) is 6.16. The highest BCUT2D eigenvalue weighted by Gasteiger charge is 2.49. The molecular formula is C18H28N6O3. The smallest absolute Gasteiger partial charge is 0.340 e. The van der Waals surface area contributed by atoms with Crippen molar-refractivity contribution < 1.29 is 9.59 Å². The second-order valence-electron chi connectivity index (χ2n) is 8.45. The molecule has 2 N–H and O–H groups in total. The molecule has 27 heavy (non-hydrogen) atoms. The van der Waals surface area contributed by atoms with Crippen LogP contribution in [0.5, 0.6) is 0 Å². The maximum atomic E-state index is 12.8. The fourth-order valence-corrected chi connectivity index (χ4v) is 5.23. The monoisotopic (exact) mass is 376 g/mol. The zero-order valence-electron chi connectivity index (χ0n) is 16.0. The first-order valence-corrected chi connectivity index (χ1v) is 9.79. The van der Waals surface area contributed by atoms with Gasteiger partial charge in [-0.15, -0.1) is 0 Å². The Kier molecular flexibility index (Phi) is 4.79. The highest BCUT2D eigenvalue weighted by Crippen LogP contribution is 2.41. The van der Waals surface area contributed by atoms with Crippen LogP contribution < -0.4 is 5.69 Å². The van der Waals surface area contributed by atoms with Crippen molar-refractivity contribution in [2.24, 2.45) is 11.8 Å². The summed E-state index contributed by atoms with van der Waals surface area (Å²) < 4.78 is 0. The molecular weight excluding hydrogens is 348 g/mol. The molecule has 9 nitrogen and oxygen atoms in total. The molecule has 4 rings (SSSR count). The minimum absolute atomic E-state index is 0.00774. The molecule has 1 aromatic rings. The van der Waals surface area contributed by atoms with Gasteiger partial charge in [-0.05, 0) is 45.2 Å². The number of carbonyl (C=O) groups excluding carboxylic acids is 2. The number of aromatic nitrogens is 3. The van der Waals surface area contributed by atoms with Gasteiger partial charge in [0.1, 0.15) is 5.82 Å².